The highest BCUT2D eigenvalue weighted by Crippen LogP contribution is 2.45. The predicted molar refractivity (Wildman–Crippen MR) is 170 cm³/mol. The third-order valence-corrected chi connectivity index (χ3v) is 9.53. The summed E-state index contributed by atoms with van der Waals surface area (Å²) in [5, 5.41) is 45.0. The molecule has 5 aromatic rings. The maximum absolute atomic E-state index is 13.6. The average Bonchev–Trinajstić information content (AvgIpc) is 3.07. The lowest BCUT2D eigenvalue weighted by Gasteiger charge is -2.46. The van der Waals surface area contributed by atoms with Crippen molar-refractivity contribution in [3.05, 3.63) is 56.7 Å². The predicted octanol–water partition coefficient (Wildman–Crippen LogP) is 2.28. The van der Waals surface area contributed by atoms with Gasteiger partial charge in [-0.2, -0.15) is 0 Å². The van der Waals surface area contributed by atoms with E-state index in [1.54, 1.807) is 32.0 Å². The van der Waals surface area contributed by atoms with Gasteiger partial charge in [-0.3, -0.25) is 0 Å². The van der Waals surface area contributed by atoms with Crippen LogP contribution in [-0.4, -0.2) is 96.1 Å². The van der Waals surface area contributed by atoms with Gasteiger partial charge in [0.2, 0.25) is 6.29 Å². The minimum Gasteiger partial charge on any atom is -0.506 e. The van der Waals surface area contributed by atoms with E-state index < -0.39 is 78.4 Å². The van der Waals surface area contributed by atoms with Crippen LogP contribution in [0.25, 0.3) is 43.5 Å². The van der Waals surface area contributed by atoms with Gasteiger partial charge in [0.25, 0.3) is 0 Å². The second kappa shape index (κ2) is 12.2. The summed E-state index contributed by atoms with van der Waals surface area (Å²) >= 11 is 0. The highest BCUT2D eigenvalue weighted by Gasteiger charge is 2.51. The number of ether oxygens (including phenoxy) is 6. The first-order valence-corrected chi connectivity index (χ1v) is 15.7. The number of hydrogen-bond acceptors (Lipinski definition) is 14. The van der Waals surface area contributed by atoms with Crippen LogP contribution in [-0.2, 0) is 30.1 Å². The van der Waals surface area contributed by atoms with Gasteiger partial charge in [0.1, 0.15) is 53.0 Å². The first kappa shape index (κ1) is 32.7. The number of benzene rings is 3. The minimum atomic E-state index is -1.55. The fraction of sp³-hybridized carbons (Fsp3) is 0.471. The van der Waals surface area contributed by atoms with Crippen LogP contribution in [0.15, 0.2) is 48.8 Å². The molecule has 2 aromatic heterocycles. The summed E-state index contributed by atoms with van der Waals surface area (Å²) in [5.74, 6) is -0.363. The number of aromatic hydroxyl groups is 1. The van der Waals surface area contributed by atoms with E-state index in [1.165, 1.54) is 26.4 Å². The Balaban J connectivity index is 1.39. The number of aliphatic hydroxyl groups is 3. The standard InChI is InChI=1S/C34H36O14/c1-6-14-10-11-17-20-18(14)31(39)47-27-19-15(25(37)22(21(20)27)32(40)45-17)8-7-9-16(19)46-33-29(26(38)23(35)12(2)43-33)48-34-30(42-5)28(41-4)24(36)13(3)44-34/h7-13,23-24,26,28-30,33-38H,6H2,1-5H3. The van der Waals surface area contributed by atoms with Crippen LogP contribution in [0.5, 0.6) is 11.5 Å². The third-order valence-electron chi connectivity index (χ3n) is 9.53. The molecule has 0 spiro atoms. The lowest BCUT2D eigenvalue weighted by molar-refractivity contribution is -0.355. The van der Waals surface area contributed by atoms with E-state index in [1.807, 2.05) is 6.92 Å². The number of hydrogen-bond donors (Lipinski definition) is 4. The Morgan fingerprint density at radius 2 is 1.42 bits per heavy atom. The average molecular weight is 669 g/mol. The number of phenolic OH excluding ortho intramolecular Hbond substituents is 1. The molecule has 2 saturated heterocycles. The molecule has 10 atom stereocenters. The molecule has 4 heterocycles. The molecule has 0 aliphatic carbocycles. The molecule has 0 amide bonds. The molecule has 10 unspecified atom stereocenters. The largest absolute Gasteiger partial charge is 0.506 e. The molecule has 14 heteroatoms. The highest BCUT2D eigenvalue weighted by atomic mass is 16.8. The molecular formula is C34H36O14. The Morgan fingerprint density at radius 3 is 2.12 bits per heavy atom. The number of rotatable bonds is 7. The summed E-state index contributed by atoms with van der Waals surface area (Å²) in [6.45, 7) is 5.04. The second-order valence-electron chi connectivity index (χ2n) is 12.2. The molecule has 14 nitrogen and oxygen atoms in total. The molecule has 3 aromatic carbocycles. The molecule has 0 bridgehead atoms. The van der Waals surface area contributed by atoms with Crippen molar-refractivity contribution in [3.8, 4) is 11.5 Å². The van der Waals surface area contributed by atoms with Gasteiger partial charge in [-0.25, -0.2) is 9.59 Å². The summed E-state index contributed by atoms with van der Waals surface area (Å²) in [5.41, 5.74) is -0.695. The highest BCUT2D eigenvalue weighted by molar-refractivity contribution is 6.28. The van der Waals surface area contributed by atoms with Gasteiger partial charge < -0.3 is 57.7 Å². The number of aryl methyl sites for hydroxylation is 1. The Morgan fingerprint density at radius 1 is 0.729 bits per heavy atom. The lowest BCUT2D eigenvalue weighted by atomic mass is 9.95. The Bertz CT molecular complexity index is 2100. The smallest absolute Gasteiger partial charge is 0.348 e. The molecule has 48 heavy (non-hydrogen) atoms. The first-order chi connectivity index (χ1) is 23.0. The van der Waals surface area contributed by atoms with Crippen LogP contribution in [0, 0.1) is 0 Å². The Hall–Kier alpha value is -3.86. The summed E-state index contributed by atoms with van der Waals surface area (Å²) in [6, 6.07) is 7.90. The van der Waals surface area contributed by atoms with Crippen LogP contribution in [0.3, 0.4) is 0 Å². The van der Waals surface area contributed by atoms with Crippen molar-refractivity contribution in [2.24, 2.45) is 0 Å². The Kier molecular flexibility index (Phi) is 8.33. The Labute approximate surface area is 272 Å². The van der Waals surface area contributed by atoms with E-state index >= 15 is 0 Å². The van der Waals surface area contributed by atoms with E-state index in [-0.39, 0.29) is 43.8 Å². The fourth-order valence-electron chi connectivity index (χ4n) is 7.01. The minimum absolute atomic E-state index is 0.0280. The van der Waals surface area contributed by atoms with Gasteiger partial charge in [0, 0.05) is 30.4 Å². The van der Waals surface area contributed by atoms with Crippen molar-refractivity contribution in [1.29, 1.82) is 0 Å². The van der Waals surface area contributed by atoms with Crippen LogP contribution >= 0.6 is 0 Å². The van der Waals surface area contributed by atoms with E-state index in [2.05, 4.69) is 0 Å². The SMILES string of the molecule is CCc1ccc2oc(=O)c3c(O)c4cccc(OC5OC(C)C(O)C(O)C5OC5OC(C)C(O)C(OC)C5OC)c4c4oc(=O)c1c2c34. The number of phenols is 1. The molecule has 4 N–H and O–H groups in total. The van der Waals surface area contributed by atoms with Crippen LogP contribution in [0.4, 0.5) is 0 Å². The maximum atomic E-state index is 13.6. The molecule has 256 valence electrons. The summed E-state index contributed by atoms with van der Waals surface area (Å²) in [4.78, 5) is 26.8. The lowest BCUT2D eigenvalue weighted by Crippen LogP contribution is -2.64. The quantitative estimate of drug-likeness (QED) is 0.112. The number of aliphatic hydroxyl groups excluding tert-OH is 3. The van der Waals surface area contributed by atoms with Crippen LogP contribution in [0.1, 0.15) is 26.3 Å². The molecule has 7 rings (SSSR count). The zero-order chi connectivity index (χ0) is 34.2. The van der Waals surface area contributed by atoms with E-state index in [0.717, 1.165) is 0 Å². The van der Waals surface area contributed by atoms with Crippen molar-refractivity contribution in [3.63, 3.8) is 0 Å². The van der Waals surface area contributed by atoms with Crippen molar-refractivity contribution in [1.82, 2.24) is 0 Å². The monoisotopic (exact) mass is 668 g/mol. The summed E-state index contributed by atoms with van der Waals surface area (Å²) in [7, 11) is 2.79. The third kappa shape index (κ3) is 4.86. The van der Waals surface area contributed by atoms with Gasteiger partial charge in [0.05, 0.1) is 23.0 Å². The van der Waals surface area contributed by atoms with E-state index in [0.29, 0.717) is 17.4 Å². The van der Waals surface area contributed by atoms with E-state index in [4.69, 9.17) is 37.3 Å². The van der Waals surface area contributed by atoms with Crippen LogP contribution in [0.2, 0.25) is 0 Å². The van der Waals surface area contributed by atoms with Gasteiger partial charge in [-0.15, -0.1) is 0 Å². The van der Waals surface area contributed by atoms with Crippen molar-refractivity contribution >= 4 is 43.5 Å². The normalized spacial score (nSPS) is 31.3. The van der Waals surface area contributed by atoms with Crippen molar-refractivity contribution in [2.45, 2.75) is 88.6 Å². The van der Waals surface area contributed by atoms with Gasteiger partial charge in [-0.1, -0.05) is 25.1 Å². The van der Waals surface area contributed by atoms with Gasteiger partial charge >= 0.3 is 11.3 Å². The van der Waals surface area contributed by atoms with E-state index in [9.17, 15) is 30.0 Å². The van der Waals surface area contributed by atoms with Crippen LogP contribution < -0.4 is 16.0 Å². The van der Waals surface area contributed by atoms with Crippen molar-refractivity contribution in [2.75, 3.05) is 14.2 Å². The summed E-state index contributed by atoms with van der Waals surface area (Å²) < 4.78 is 47.0. The first-order valence-electron chi connectivity index (χ1n) is 15.7. The number of methoxy groups -OCH3 is 2. The summed E-state index contributed by atoms with van der Waals surface area (Å²) in [6.07, 6.45) is -11.0. The molecule has 2 aliphatic rings. The molecule has 2 aliphatic heterocycles. The fourth-order valence-corrected chi connectivity index (χ4v) is 7.01. The maximum Gasteiger partial charge on any atom is 0.348 e. The second-order valence-corrected chi connectivity index (χ2v) is 12.2. The topological polar surface area (TPSA) is 197 Å². The zero-order valence-electron chi connectivity index (χ0n) is 26.7. The molecular weight excluding hydrogens is 632 g/mol. The zero-order valence-corrected chi connectivity index (χ0v) is 26.7. The van der Waals surface area contributed by atoms with Crippen molar-refractivity contribution < 1.29 is 57.7 Å². The van der Waals surface area contributed by atoms with Gasteiger partial charge in [0.15, 0.2) is 18.0 Å². The molecule has 0 radical (unpaired) electrons. The van der Waals surface area contributed by atoms with Gasteiger partial charge in [-0.05, 0) is 38.0 Å². The number of fused-ring (bicyclic) bond motifs is 2. The molecule has 0 saturated carbocycles. The molecule has 2 fully saturated rings.